The molecule has 1 atom stereocenters. The zero-order chi connectivity index (χ0) is 37.0. The normalized spacial score (nSPS) is 18.2. The molecule has 5 N–H and O–H groups in total. The molecular formula is C40H49N7O5. The Bertz CT molecular complexity index is 1920. The van der Waals surface area contributed by atoms with Crippen molar-refractivity contribution in [2.24, 2.45) is 17.6 Å². The first-order chi connectivity index (χ1) is 24.8. The Kier molecular flexibility index (Phi) is 10.9. The second kappa shape index (κ2) is 15.5. The van der Waals surface area contributed by atoms with Crippen molar-refractivity contribution in [2.45, 2.75) is 96.7 Å². The molecule has 0 unspecified atom stereocenters. The number of hydrogen-bond acceptors (Lipinski definition) is 7. The van der Waals surface area contributed by atoms with E-state index in [1.807, 2.05) is 76.2 Å². The van der Waals surface area contributed by atoms with Crippen LogP contribution < -0.4 is 21.3 Å². The fraction of sp³-hybridized carbons (Fsp3) is 0.450. The number of carbonyl (C=O) groups excluding carboxylic acids is 4. The van der Waals surface area contributed by atoms with Crippen LogP contribution in [0.1, 0.15) is 87.5 Å². The number of carbonyl (C=O) groups is 4. The quantitative estimate of drug-likeness (QED) is 0.149. The maximum Gasteiger partial charge on any atom is 0.407 e. The highest BCUT2D eigenvalue weighted by Gasteiger charge is 2.36. The van der Waals surface area contributed by atoms with Crippen LogP contribution in [0.5, 0.6) is 0 Å². The third-order valence-electron chi connectivity index (χ3n) is 10.2. The number of nitrogens with one attached hydrogen (secondary N) is 3. The molecule has 52 heavy (non-hydrogen) atoms. The molecular weight excluding hydrogens is 658 g/mol. The van der Waals surface area contributed by atoms with Crippen LogP contribution in [0.4, 0.5) is 10.5 Å². The van der Waals surface area contributed by atoms with Gasteiger partial charge in [-0.3, -0.25) is 24.4 Å². The molecule has 2 heterocycles. The highest BCUT2D eigenvalue weighted by atomic mass is 16.6. The highest BCUT2D eigenvalue weighted by molar-refractivity contribution is 6.03. The number of primary amides is 1. The number of H-pyrrole nitrogens is 1. The molecule has 4 aromatic rings. The van der Waals surface area contributed by atoms with E-state index in [9.17, 15) is 19.2 Å². The molecule has 0 spiro atoms. The van der Waals surface area contributed by atoms with E-state index in [1.54, 1.807) is 17.2 Å². The van der Waals surface area contributed by atoms with Gasteiger partial charge in [-0.1, -0.05) is 30.3 Å². The lowest BCUT2D eigenvalue weighted by molar-refractivity contribution is -0.127. The van der Waals surface area contributed by atoms with Crippen LogP contribution >= 0.6 is 0 Å². The van der Waals surface area contributed by atoms with Crippen LogP contribution in [0, 0.1) is 18.8 Å². The highest BCUT2D eigenvalue weighted by Crippen LogP contribution is 2.34. The number of aryl methyl sites for hydroxylation is 1. The Balaban J connectivity index is 1.17. The van der Waals surface area contributed by atoms with Gasteiger partial charge in [-0.2, -0.15) is 5.10 Å². The lowest BCUT2D eigenvalue weighted by atomic mass is 9.81. The Labute approximate surface area is 304 Å². The van der Waals surface area contributed by atoms with Crippen molar-refractivity contribution in [1.29, 1.82) is 0 Å². The summed E-state index contributed by atoms with van der Waals surface area (Å²) in [6.07, 6.45) is 7.38. The Morgan fingerprint density at radius 1 is 0.981 bits per heavy atom. The van der Waals surface area contributed by atoms with Crippen LogP contribution in [0.3, 0.4) is 0 Å². The Morgan fingerprint density at radius 3 is 2.35 bits per heavy atom. The fourth-order valence-corrected chi connectivity index (χ4v) is 7.06. The number of fused-ring (bicyclic) bond motifs is 1. The molecule has 12 heteroatoms. The van der Waals surface area contributed by atoms with Crippen molar-refractivity contribution < 1.29 is 23.9 Å². The minimum Gasteiger partial charge on any atom is -0.444 e. The van der Waals surface area contributed by atoms with Gasteiger partial charge in [-0.15, -0.1) is 0 Å². The number of rotatable bonds is 11. The molecule has 4 amide bonds. The summed E-state index contributed by atoms with van der Waals surface area (Å²) in [4.78, 5) is 58.7. The topological polar surface area (TPSA) is 172 Å². The van der Waals surface area contributed by atoms with E-state index >= 15 is 0 Å². The average molecular weight is 708 g/mol. The maximum absolute atomic E-state index is 14.4. The van der Waals surface area contributed by atoms with Gasteiger partial charge in [0.1, 0.15) is 17.3 Å². The van der Waals surface area contributed by atoms with Gasteiger partial charge in [0, 0.05) is 47.3 Å². The first-order valence-electron chi connectivity index (χ1n) is 18.2. The molecule has 2 aliphatic rings. The molecule has 0 saturated heterocycles. The molecule has 2 saturated carbocycles. The molecule has 0 radical (unpaired) electrons. The number of nitrogens with zero attached hydrogens (tertiary/aromatic N) is 3. The minimum absolute atomic E-state index is 0.152. The van der Waals surface area contributed by atoms with Crippen molar-refractivity contribution in [2.75, 3.05) is 11.4 Å². The number of nitrogens with two attached hydrogens (primary N) is 1. The summed E-state index contributed by atoms with van der Waals surface area (Å²) in [5.74, 6) is -1.000. The number of alkyl carbamates (subject to hydrolysis) is 1. The number of benzene rings is 2. The van der Waals surface area contributed by atoms with E-state index in [2.05, 4.69) is 25.8 Å². The van der Waals surface area contributed by atoms with Crippen molar-refractivity contribution in [3.8, 4) is 11.1 Å². The van der Waals surface area contributed by atoms with Crippen molar-refractivity contribution >= 4 is 40.4 Å². The van der Waals surface area contributed by atoms with Crippen molar-refractivity contribution in [3.05, 3.63) is 77.7 Å². The van der Waals surface area contributed by atoms with Gasteiger partial charge >= 0.3 is 6.09 Å². The smallest absolute Gasteiger partial charge is 0.407 e. The number of ether oxygens (including phenoxy) is 1. The fourth-order valence-electron chi connectivity index (χ4n) is 7.06. The predicted octanol–water partition coefficient (Wildman–Crippen LogP) is 5.98. The predicted molar refractivity (Wildman–Crippen MR) is 199 cm³/mol. The minimum atomic E-state index is -0.942. The molecule has 2 fully saturated rings. The summed E-state index contributed by atoms with van der Waals surface area (Å²) in [6.45, 7) is 7.84. The Hall–Kier alpha value is -5.26. The Morgan fingerprint density at radius 2 is 1.71 bits per heavy atom. The van der Waals surface area contributed by atoms with Gasteiger partial charge in [0.15, 0.2) is 0 Å². The maximum atomic E-state index is 14.4. The van der Waals surface area contributed by atoms with E-state index in [4.69, 9.17) is 10.5 Å². The second-order valence-electron chi connectivity index (χ2n) is 15.2. The van der Waals surface area contributed by atoms with Gasteiger partial charge in [-0.05, 0) is 114 Å². The van der Waals surface area contributed by atoms with E-state index in [0.717, 1.165) is 65.4 Å². The van der Waals surface area contributed by atoms with Crippen molar-refractivity contribution in [1.82, 2.24) is 25.8 Å². The first-order valence-corrected chi connectivity index (χ1v) is 18.2. The monoisotopic (exact) mass is 707 g/mol. The van der Waals surface area contributed by atoms with Crippen LogP contribution in [0.25, 0.3) is 22.0 Å². The summed E-state index contributed by atoms with van der Waals surface area (Å²) in [6, 6.07) is 16.3. The third kappa shape index (κ3) is 8.78. The largest absolute Gasteiger partial charge is 0.444 e. The van der Waals surface area contributed by atoms with Gasteiger partial charge in [0.25, 0.3) is 5.91 Å². The number of anilines is 1. The number of aromatic nitrogens is 3. The van der Waals surface area contributed by atoms with Crippen LogP contribution in [0.15, 0.2) is 60.8 Å². The third-order valence-corrected chi connectivity index (χ3v) is 10.2. The number of aromatic amines is 1. The first kappa shape index (κ1) is 36.5. The number of pyridine rings is 1. The summed E-state index contributed by atoms with van der Waals surface area (Å²) >= 11 is 0. The molecule has 6 rings (SSSR count). The SMILES string of the molecule is Cc1nc(C(=O)NC2CCC2)ccc1-c1ccc(C[C@@H](C(N)=O)N(C(=O)C2CCC(CNC(=O)OC(C)(C)C)CC2)c2ccc3cn[nH]c3c2)cc1. The van der Waals surface area contributed by atoms with Gasteiger partial charge < -0.3 is 21.1 Å². The van der Waals surface area contributed by atoms with Gasteiger partial charge in [-0.25, -0.2) is 9.78 Å². The van der Waals surface area contributed by atoms with E-state index < -0.39 is 23.6 Å². The molecule has 274 valence electrons. The zero-order valence-electron chi connectivity index (χ0n) is 30.4. The summed E-state index contributed by atoms with van der Waals surface area (Å²) < 4.78 is 5.37. The lowest BCUT2D eigenvalue weighted by Crippen LogP contribution is -2.52. The van der Waals surface area contributed by atoms with Crippen LogP contribution in [-0.2, 0) is 20.7 Å². The summed E-state index contributed by atoms with van der Waals surface area (Å²) in [5.41, 5.74) is 10.6. The second-order valence-corrected chi connectivity index (χ2v) is 15.2. The summed E-state index contributed by atoms with van der Waals surface area (Å²) in [5, 5.41) is 13.9. The number of hydrogen-bond donors (Lipinski definition) is 4. The van der Waals surface area contributed by atoms with Crippen molar-refractivity contribution in [3.63, 3.8) is 0 Å². The molecule has 2 aromatic carbocycles. The molecule has 2 aliphatic carbocycles. The van der Waals surface area contributed by atoms with Gasteiger partial charge in [0.05, 0.1) is 11.7 Å². The van der Waals surface area contributed by atoms with E-state index in [0.29, 0.717) is 30.8 Å². The molecule has 2 aromatic heterocycles. The van der Waals surface area contributed by atoms with Crippen LogP contribution in [-0.4, -0.2) is 63.2 Å². The summed E-state index contributed by atoms with van der Waals surface area (Å²) in [7, 11) is 0. The van der Waals surface area contributed by atoms with Crippen LogP contribution in [0.2, 0.25) is 0 Å². The van der Waals surface area contributed by atoms with E-state index in [-0.39, 0.29) is 36.1 Å². The zero-order valence-corrected chi connectivity index (χ0v) is 30.4. The number of amides is 4. The standard InChI is InChI=1S/C40H49N7O5/c1-24-32(18-19-33(44-24)37(49)45-30-6-5-7-30)27-12-8-25(9-13-27)20-35(36(41)48)47(31-17-16-29-23-43-46-34(29)21-31)38(50)28-14-10-26(11-15-28)22-42-39(51)52-40(2,3)4/h8-9,12-13,16-19,21,23,26,28,30,35H,5-7,10-11,14-15,20,22H2,1-4H3,(H2,41,48)(H,42,51)(H,43,46)(H,45,49)/t26?,28?,35-/m0/s1. The van der Waals surface area contributed by atoms with E-state index in [1.165, 1.54) is 0 Å². The average Bonchev–Trinajstić information content (AvgIpc) is 3.56. The van der Waals surface area contributed by atoms with Gasteiger partial charge in [0.2, 0.25) is 11.8 Å². The molecule has 0 bridgehead atoms. The molecule has 12 nitrogen and oxygen atoms in total. The molecule has 0 aliphatic heterocycles. The lowest BCUT2D eigenvalue weighted by Gasteiger charge is -2.36.